The molecule has 2 heterocycles. The van der Waals surface area contributed by atoms with E-state index in [-0.39, 0.29) is 17.4 Å². The summed E-state index contributed by atoms with van der Waals surface area (Å²) in [5.41, 5.74) is -0.747. The average molecular weight is 456 g/mol. The van der Waals surface area contributed by atoms with E-state index in [1.807, 2.05) is 13.8 Å². The minimum Gasteiger partial charge on any atom is -0.337 e. The van der Waals surface area contributed by atoms with Gasteiger partial charge in [0.05, 0.1) is 11.5 Å². The maximum atomic E-state index is 13.1. The summed E-state index contributed by atoms with van der Waals surface area (Å²) < 4.78 is 23.8. The van der Waals surface area contributed by atoms with Crippen LogP contribution >= 0.6 is 11.6 Å². The smallest absolute Gasteiger partial charge is 0.325 e. The maximum Gasteiger partial charge on any atom is 0.325 e. The van der Waals surface area contributed by atoms with Crippen LogP contribution in [0.2, 0.25) is 5.02 Å². The fourth-order valence-corrected chi connectivity index (χ4v) is 5.77. The van der Waals surface area contributed by atoms with Crippen LogP contribution in [0.25, 0.3) is 0 Å². The summed E-state index contributed by atoms with van der Waals surface area (Å²) in [7, 11) is -3.18. The van der Waals surface area contributed by atoms with Crippen LogP contribution in [0.5, 0.6) is 0 Å². The summed E-state index contributed by atoms with van der Waals surface area (Å²) in [6.45, 7) is 5.36. The first-order chi connectivity index (χ1) is 13.9. The van der Waals surface area contributed by atoms with Gasteiger partial charge in [0.1, 0.15) is 12.1 Å². The van der Waals surface area contributed by atoms with Crippen LogP contribution in [-0.4, -0.2) is 66.7 Å². The normalized spacial score (nSPS) is 25.6. The zero-order chi connectivity index (χ0) is 22.3. The van der Waals surface area contributed by atoms with Crippen molar-refractivity contribution in [1.82, 2.24) is 15.1 Å². The van der Waals surface area contributed by atoms with E-state index in [0.717, 1.165) is 4.90 Å². The van der Waals surface area contributed by atoms with Gasteiger partial charge in [0.15, 0.2) is 9.84 Å². The van der Waals surface area contributed by atoms with Crippen molar-refractivity contribution in [2.24, 2.45) is 5.92 Å². The van der Waals surface area contributed by atoms with E-state index in [4.69, 9.17) is 11.6 Å². The maximum absolute atomic E-state index is 13.1. The Labute approximate surface area is 181 Å². The van der Waals surface area contributed by atoms with Gasteiger partial charge in [0.25, 0.3) is 5.91 Å². The topological polar surface area (TPSA) is 104 Å². The first kappa shape index (κ1) is 22.6. The number of urea groups is 1. The Hall–Kier alpha value is -2.13. The predicted octanol–water partition coefficient (Wildman–Crippen LogP) is 1.78. The number of nitrogens with one attached hydrogen (secondary N) is 1. The van der Waals surface area contributed by atoms with Crippen molar-refractivity contribution < 1.29 is 22.8 Å². The van der Waals surface area contributed by atoms with E-state index in [1.54, 1.807) is 31.2 Å². The van der Waals surface area contributed by atoms with Crippen LogP contribution in [-0.2, 0) is 25.0 Å². The number of rotatable bonds is 6. The molecule has 1 aromatic rings. The van der Waals surface area contributed by atoms with Crippen molar-refractivity contribution in [3.63, 3.8) is 0 Å². The molecule has 164 valence electrons. The molecule has 1 aromatic carbocycles. The number of sulfone groups is 1. The molecule has 0 spiro atoms. The lowest BCUT2D eigenvalue weighted by atomic mass is 9.92. The number of nitrogens with zero attached hydrogens (tertiary/aromatic N) is 2. The molecule has 2 atom stereocenters. The first-order valence-corrected chi connectivity index (χ1v) is 12.0. The molecule has 2 fully saturated rings. The number of amides is 4. The van der Waals surface area contributed by atoms with E-state index >= 15 is 0 Å². The molecule has 0 bridgehead atoms. The fourth-order valence-electron chi connectivity index (χ4n) is 3.91. The molecule has 0 radical (unpaired) electrons. The van der Waals surface area contributed by atoms with Gasteiger partial charge in [-0.2, -0.15) is 0 Å². The lowest BCUT2D eigenvalue weighted by Crippen LogP contribution is -2.49. The third-order valence-electron chi connectivity index (χ3n) is 5.52. The van der Waals surface area contributed by atoms with Gasteiger partial charge in [-0.05, 0) is 37.0 Å². The van der Waals surface area contributed by atoms with Gasteiger partial charge >= 0.3 is 6.03 Å². The van der Waals surface area contributed by atoms with Crippen LogP contribution in [0, 0.1) is 5.92 Å². The largest absolute Gasteiger partial charge is 0.337 e. The fraction of sp³-hybridized carbons (Fsp3) is 0.550. The van der Waals surface area contributed by atoms with Crippen LogP contribution in [0.15, 0.2) is 24.3 Å². The van der Waals surface area contributed by atoms with Crippen molar-refractivity contribution >= 4 is 39.3 Å². The monoisotopic (exact) mass is 455 g/mol. The molecular weight excluding hydrogens is 430 g/mol. The molecule has 2 aliphatic heterocycles. The molecule has 3 rings (SSSR count). The summed E-state index contributed by atoms with van der Waals surface area (Å²) in [5.74, 6) is -0.910. The van der Waals surface area contributed by atoms with Crippen molar-refractivity contribution in [3.05, 3.63) is 34.9 Å². The zero-order valence-corrected chi connectivity index (χ0v) is 18.8. The van der Waals surface area contributed by atoms with E-state index in [9.17, 15) is 22.8 Å². The number of imide groups is 1. The molecule has 2 aliphatic rings. The zero-order valence-electron chi connectivity index (χ0n) is 17.2. The SMILES string of the molecule is CC(C)CN(C(=O)CN1C(=O)NC(C)(c2ccc(Cl)cc2)C1=O)C1CCS(=O)(=O)C1. The number of halogens is 1. The standard InChI is InChI=1S/C20H26ClN3O5S/c1-13(2)10-23(16-8-9-30(28,29)12-16)17(25)11-24-18(26)20(3,22-19(24)27)14-4-6-15(21)7-5-14/h4-7,13,16H,8-12H2,1-3H3,(H,22,27). The highest BCUT2D eigenvalue weighted by atomic mass is 35.5. The van der Waals surface area contributed by atoms with Gasteiger partial charge in [0.2, 0.25) is 5.91 Å². The van der Waals surface area contributed by atoms with Crippen LogP contribution in [0.3, 0.4) is 0 Å². The highest BCUT2D eigenvalue weighted by Gasteiger charge is 2.50. The second-order valence-electron chi connectivity index (χ2n) is 8.45. The number of carbonyl (C=O) groups is 3. The van der Waals surface area contributed by atoms with Crippen LogP contribution in [0.1, 0.15) is 32.8 Å². The highest BCUT2D eigenvalue weighted by Crippen LogP contribution is 2.30. The van der Waals surface area contributed by atoms with Crippen LogP contribution in [0.4, 0.5) is 4.79 Å². The number of carbonyl (C=O) groups excluding carboxylic acids is 3. The second kappa shape index (κ2) is 8.19. The van der Waals surface area contributed by atoms with Crippen LogP contribution < -0.4 is 5.32 Å². The Balaban J connectivity index is 1.79. The van der Waals surface area contributed by atoms with Crippen molar-refractivity contribution in [2.75, 3.05) is 24.6 Å². The van der Waals surface area contributed by atoms with E-state index < -0.39 is 45.8 Å². The molecule has 30 heavy (non-hydrogen) atoms. The number of hydrogen-bond donors (Lipinski definition) is 1. The number of hydrogen-bond acceptors (Lipinski definition) is 5. The molecule has 0 aromatic heterocycles. The summed E-state index contributed by atoms with van der Waals surface area (Å²) in [6, 6.07) is 5.46. The molecular formula is C20H26ClN3O5S. The summed E-state index contributed by atoms with van der Waals surface area (Å²) in [4.78, 5) is 41.1. The average Bonchev–Trinajstić information content (AvgIpc) is 3.12. The van der Waals surface area contributed by atoms with E-state index in [0.29, 0.717) is 23.6 Å². The molecule has 2 saturated heterocycles. The molecule has 1 N–H and O–H groups in total. The first-order valence-electron chi connectivity index (χ1n) is 9.83. The molecule has 4 amide bonds. The third kappa shape index (κ3) is 4.46. The minimum absolute atomic E-state index is 0.0390. The second-order valence-corrected chi connectivity index (χ2v) is 11.1. The summed E-state index contributed by atoms with van der Waals surface area (Å²) in [5, 5.41) is 3.16. The van der Waals surface area contributed by atoms with Gasteiger partial charge in [-0.25, -0.2) is 13.2 Å². The number of benzene rings is 1. The third-order valence-corrected chi connectivity index (χ3v) is 7.52. The Morgan fingerprint density at radius 2 is 1.93 bits per heavy atom. The van der Waals surface area contributed by atoms with Gasteiger partial charge in [0, 0.05) is 17.6 Å². The van der Waals surface area contributed by atoms with E-state index in [2.05, 4.69) is 5.32 Å². The molecule has 0 aliphatic carbocycles. The van der Waals surface area contributed by atoms with Crippen molar-refractivity contribution in [2.45, 2.75) is 38.8 Å². The molecule has 10 heteroatoms. The Bertz CT molecular complexity index is 963. The lowest BCUT2D eigenvalue weighted by molar-refractivity contribution is -0.140. The summed E-state index contributed by atoms with van der Waals surface area (Å²) >= 11 is 5.91. The Morgan fingerprint density at radius 3 is 2.47 bits per heavy atom. The molecule has 2 unspecified atom stereocenters. The van der Waals surface area contributed by atoms with Gasteiger partial charge in [-0.1, -0.05) is 37.6 Å². The van der Waals surface area contributed by atoms with Gasteiger partial charge < -0.3 is 10.2 Å². The Kier molecular flexibility index (Phi) is 6.15. The quantitative estimate of drug-likeness (QED) is 0.658. The van der Waals surface area contributed by atoms with E-state index in [1.165, 1.54) is 4.90 Å². The Morgan fingerprint density at radius 1 is 1.30 bits per heavy atom. The lowest BCUT2D eigenvalue weighted by Gasteiger charge is -2.31. The minimum atomic E-state index is -3.18. The van der Waals surface area contributed by atoms with Gasteiger partial charge in [-0.3, -0.25) is 14.5 Å². The molecule has 0 saturated carbocycles. The highest BCUT2D eigenvalue weighted by molar-refractivity contribution is 7.91. The van der Waals surface area contributed by atoms with Crippen molar-refractivity contribution in [1.29, 1.82) is 0 Å². The van der Waals surface area contributed by atoms with Crippen molar-refractivity contribution in [3.8, 4) is 0 Å². The molecule has 8 nitrogen and oxygen atoms in total. The summed E-state index contributed by atoms with van der Waals surface area (Å²) in [6.07, 6.45) is 0.365. The predicted molar refractivity (Wildman–Crippen MR) is 113 cm³/mol. The van der Waals surface area contributed by atoms with Gasteiger partial charge in [-0.15, -0.1) is 0 Å².